The Morgan fingerprint density at radius 2 is 1.76 bits per heavy atom. The normalized spacial score (nSPS) is 31.4. The summed E-state index contributed by atoms with van der Waals surface area (Å²) in [5, 5.41) is 0. The van der Waals surface area contributed by atoms with E-state index in [0.717, 1.165) is 0 Å². The molecule has 98 valence electrons. The molecule has 3 aliphatic rings. The first-order valence-electron chi connectivity index (χ1n) is 7.25. The molecule has 0 aromatic rings. The van der Waals surface area contributed by atoms with E-state index < -0.39 is 0 Å². The van der Waals surface area contributed by atoms with Gasteiger partial charge in [0.25, 0.3) is 0 Å². The lowest BCUT2D eigenvalue weighted by Crippen LogP contribution is -2.64. The Morgan fingerprint density at radius 3 is 2.35 bits per heavy atom. The zero-order valence-corrected chi connectivity index (χ0v) is 11.3. The van der Waals surface area contributed by atoms with E-state index in [1.54, 1.807) is 0 Å². The molecular weight excluding hydrogens is 212 g/mol. The van der Waals surface area contributed by atoms with Gasteiger partial charge in [-0.15, -0.1) is 0 Å². The van der Waals surface area contributed by atoms with Gasteiger partial charge in [0.1, 0.15) is 0 Å². The highest BCUT2D eigenvalue weighted by molar-refractivity contribution is 5.05. The predicted octanol–water partition coefficient (Wildman–Crippen LogP) is 1.58. The SMILES string of the molecule is CCN1CC2(CC(OC3CCN(C)CC3)C2)C1. The van der Waals surface area contributed by atoms with Crippen molar-refractivity contribution in [1.82, 2.24) is 9.80 Å². The summed E-state index contributed by atoms with van der Waals surface area (Å²) in [5.41, 5.74) is 0.673. The van der Waals surface area contributed by atoms with Gasteiger partial charge in [-0.3, -0.25) is 0 Å². The number of hydrogen-bond acceptors (Lipinski definition) is 3. The van der Waals surface area contributed by atoms with Crippen molar-refractivity contribution in [3.63, 3.8) is 0 Å². The molecule has 1 aliphatic carbocycles. The van der Waals surface area contributed by atoms with Crippen LogP contribution in [-0.2, 0) is 4.74 Å². The smallest absolute Gasteiger partial charge is 0.0603 e. The fourth-order valence-electron chi connectivity index (χ4n) is 3.78. The first-order chi connectivity index (χ1) is 8.19. The molecule has 17 heavy (non-hydrogen) atoms. The quantitative estimate of drug-likeness (QED) is 0.742. The molecular formula is C14H26N2O. The van der Waals surface area contributed by atoms with Crippen LogP contribution in [0.25, 0.3) is 0 Å². The van der Waals surface area contributed by atoms with Gasteiger partial charge in [0.15, 0.2) is 0 Å². The Bertz CT molecular complexity index is 259. The zero-order valence-electron chi connectivity index (χ0n) is 11.3. The van der Waals surface area contributed by atoms with Crippen molar-refractivity contribution in [3.8, 4) is 0 Å². The second kappa shape index (κ2) is 4.52. The molecule has 0 radical (unpaired) electrons. The molecule has 2 heterocycles. The van der Waals surface area contributed by atoms with Gasteiger partial charge in [0, 0.05) is 31.6 Å². The third-order valence-corrected chi connectivity index (χ3v) is 4.94. The summed E-state index contributed by atoms with van der Waals surface area (Å²) >= 11 is 0. The predicted molar refractivity (Wildman–Crippen MR) is 69.2 cm³/mol. The number of rotatable bonds is 3. The van der Waals surface area contributed by atoms with Crippen molar-refractivity contribution in [3.05, 3.63) is 0 Å². The van der Waals surface area contributed by atoms with Crippen molar-refractivity contribution < 1.29 is 4.74 Å². The maximum atomic E-state index is 6.23. The van der Waals surface area contributed by atoms with E-state index in [-0.39, 0.29) is 0 Å². The zero-order chi connectivity index (χ0) is 11.9. The Morgan fingerprint density at radius 1 is 1.12 bits per heavy atom. The summed E-state index contributed by atoms with van der Waals surface area (Å²) in [6.07, 6.45) is 6.27. The molecule has 3 nitrogen and oxygen atoms in total. The highest BCUT2D eigenvalue weighted by Crippen LogP contribution is 2.49. The molecule has 3 heteroatoms. The van der Waals surface area contributed by atoms with Crippen LogP contribution in [0.3, 0.4) is 0 Å². The summed E-state index contributed by atoms with van der Waals surface area (Å²) < 4.78 is 6.23. The average molecular weight is 238 g/mol. The highest BCUT2D eigenvalue weighted by atomic mass is 16.5. The maximum Gasteiger partial charge on any atom is 0.0603 e. The van der Waals surface area contributed by atoms with Crippen LogP contribution in [-0.4, -0.2) is 61.8 Å². The molecule has 2 saturated heterocycles. The van der Waals surface area contributed by atoms with Gasteiger partial charge in [0.05, 0.1) is 12.2 Å². The second-order valence-corrected chi connectivity index (χ2v) is 6.47. The van der Waals surface area contributed by atoms with Crippen LogP contribution in [0.2, 0.25) is 0 Å². The van der Waals surface area contributed by atoms with Gasteiger partial charge >= 0.3 is 0 Å². The van der Waals surface area contributed by atoms with Crippen LogP contribution in [0.15, 0.2) is 0 Å². The fourth-order valence-corrected chi connectivity index (χ4v) is 3.78. The van der Waals surface area contributed by atoms with Gasteiger partial charge in [-0.2, -0.15) is 0 Å². The van der Waals surface area contributed by atoms with E-state index in [2.05, 4.69) is 23.8 Å². The topological polar surface area (TPSA) is 15.7 Å². The Balaban J connectivity index is 1.36. The third kappa shape index (κ3) is 2.38. The minimum absolute atomic E-state index is 0.552. The minimum Gasteiger partial charge on any atom is -0.375 e. The molecule has 2 aliphatic heterocycles. The highest BCUT2D eigenvalue weighted by Gasteiger charge is 2.52. The van der Waals surface area contributed by atoms with E-state index in [4.69, 9.17) is 4.74 Å². The molecule has 3 rings (SSSR count). The standard InChI is InChI=1S/C14H26N2O/c1-3-16-10-14(11-16)8-13(9-14)17-12-4-6-15(2)7-5-12/h12-13H,3-11H2,1-2H3. The van der Waals surface area contributed by atoms with Crippen molar-refractivity contribution in [2.45, 2.75) is 44.8 Å². The third-order valence-electron chi connectivity index (χ3n) is 4.94. The van der Waals surface area contributed by atoms with Crippen LogP contribution in [0, 0.1) is 5.41 Å². The van der Waals surface area contributed by atoms with E-state index >= 15 is 0 Å². The lowest BCUT2D eigenvalue weighted by molar-refractivity contribution is -0.173. The fraction of sp³-hybridized carbons (Fsp3) is 1.00. The largest absolute Gasteiger partial charge is 0.375 e. The van der Waals surface area contributed by atoms with Gasteiger partial charge < -0.3 is 14.5 Å². The average Bonchev–Trinajstić information content (AvgIpc) is 2.22. The first-order valence-corrected chi connectivity index (χ1v) is 7.25. The van der Waals surface area contributed by atoms with Gasteiger partial charge in [-0.25, -0.2) is 0 Å². The lowest BCUT2D eigenvalue weighted by atomic mass is 9.61. The maximum absolute atomic E-state index is 6.23. The molecule has 1 spiro atoms. The monoisotopic (exact) mass is 238 g/mol. The van der Waals surface area contributed by atoms with Gasteiger partial charge in [0.2, 0.25) is 0 Å². The van der Waals surface area contributed by atoms with Crippen molar-refractivity contribution in [2.75, 3.05) is 39.8 Å². The Hall–Kier alpha value is -0.120. The van der Waals surface area contributed by atoms with Crippen molar-refractivity contribution >= 4 is 0 Å². The molecule has 0 aromatic heterocycles. The summed E-state index contributed by atoms with van der Waals surface area (Å²) in [6.45, 7) is 8.58. The van der Waals surface area contributed by atoms with Crippen LogP contribution < -0.4 is 0 Å². The number of nitrogens with zero attached hydrogens (tertiary/aromatic N) is 2. The van der Waals surface area contributed by atoms with Crippen LogP contribution >= 0.6 is 0 Å². The molecule has 0 unspecified atom stereocenters. The number of likely N-dealkylation sites (tertiary alicyclic amines) is 2. The van der Waals surface area contributed by atoms with E-state index in [1.807, 2.05) is 0 Å². The van der Waals surface area contributed by atoms with E-state index in [0.29, 0.717) is 17.6 Å². The van der Waals surface area contributed by atoms with Crippen LogP contribution in [0.1, 0.15) is 32.6 Å². The number of hydrogen-bond donors (Lipinski definition) is 0. The second-order valence-electron chi connectivity index (χ2n) is 6.47. The molecule has 0 bridgehead atoms. The molecule has 0 aromatic carbocycles. The molecule has 1 saturated carbocycles. The number of piperidine rings is 1. The van der Waals surface area contributed by atoms with Crippen LogP contribution in [0.5, 0.6) is 0 Å². The lowest BCUT2D eigenvalue weighted by Gasteiger charge is -2.59. The molecule has 3 fully saturated rings. The molecule has 0 N–H and O–H groups in total. The van der Waals surface area contributed by atoms with E-state index in [1.165, 1.54) is 58.4 Å². The van der Waals surface area contributed by atoms with Gasteiger partial charge in [-0.1, -0.05) is 6.92 Å². The Labute approximate surface area is 105 Å². The first kappa shape index (κ1) is 11.9. The molecule has 0 atom stereocenters. The summed E-state index contributed by atoms with van der Waals surface area (Å²) in [5.74, 6) is 0. The van der Waals surface area contributed by atoms with E-state index in [9.17, 15) is 0 Å². The summed E-state index contributed by atoms with van der Waals surface area (Å²) in [4.78, 5) is 4.96. The van der Waals surface area contributed by atoms with Gasteiger partial charge in [-0.05, 0) is 39.3 Å². The van der Waals surface area contributed by atoms with Crippen molar-refractivity contribution in [2.24, 2.45) is 5.41 Å². The Kier molecular flexibility index (Phi) is 3.18. The minimum atomic E-state index is 0.552. The van der Waals surface area contributed by atoms with Crippen LogP contribution in [0.4, 0.5) is 0 Å². The van der Waals surface area contributed by atoms with Crippen molar-refractivity contribution in [1.29, 1.82) is 0 Å². The molecule has 0 amide bonds. The number of ether oxygens (including phenoxy) is 1. The summed E-state index contributed by atoms with van der Waals surface area (Å²) in [6, 6.07) is 0. The summed E-state index contributed by atoms with van der Waals surface area (Å²) in [7, 11) is 2.21.